The van der Waals surface area contributed by atoms with E-state index < -0.39 is 5.06 Å². The van der Waals surface area contributed by atoms with Gasteiger partial charge in [-0.15, -0.1) is 0 Å². The lowest BCUT2D eigenvalue weighted by Gasteiger charge is -2.38. The average Bonchev–Trinajstić information content (AvgIpc) is 2.71. The molecular weight excluding hydrogens is 300 g/mol. The summed E-state index contributed by atoms with van der Waals surface area (Å²) in [7, 11) is 1.44. The van der Waals surface area contributed by atoms with Crippen molar-refractivity contribution in [1.82, 2.24) is 4.59 Å². The number of nitrogens with two attached hydrogens (primary N) is 1. The number of carbonyl (C=O) groups is 1. The fourth-order valence-electron chi connectivity index (χ4n) is 2.42. The minimum absolute atomic E-state index is 0.111. The Morgan fingerprint density at radius 2 is 2.35 bits per heavy atom. The zero-order valence-electron chi connectivity index (χ0n) is 11.4. The Kier molecular flexibility index (Phi) is 4.44. The predicted molar refractivity (Wildman–Crippen MR) is 81.6 cm³/mol. The lowest BCUT2D eigenvalue weighted by Crippen LogP contribution is -2.69. The molecule has 2 rings (SSSR count). The third-order valence-corrected chi connectivity index (χ3v) is 4.50. The first-order valence-electron chi connectivity index (χ1n) is 6.17. The highest BCUT2D eigenvalue weighted by Crippen LogP contribution is 2.40. The number of quaternary nitrogens is 1. The van der Waals surface area contributed by atoms with Crippen molar-refractivity contribution in [3.63, 3.8) is 0 Å². The van der Waals surface area contributed by atoms with E-state index in [-0.39, 0.29) is 17.0 Å². The Hall–Kier alpha value is -0.630. The molecule has 1 saturated heterocycles. The predicted octanol–water partition coefficient (Wildman–Crippen LogP) is 1.66. The molecule has 0 spiro atoms. The van der Waals surface area contributed by atoms with Gasteiger partial charge >= 0.3 is 5.06 Å². The second-order valence-electron chi connectivity index (χ2n) is 4.84. The molecular formula is C13H18ClN2O3S+. The maximum atomic E-state index is 12.3. The van der Waals surface area contributed by atoms with Crippen molar-refractivity contribution >= 4 is 35.7 Å². The topological polar surface area (TPSA) is 61.5 Å². The number of aryl methyl sites for hydroxylation is 1. The highest BCUT2D eigenvalue weighted by molar-refractivity contribution is 7.82. The smallest absolute Gasteiger partial charge is 0.335 e. The van der Waals surface area contributed by atoms with Crippen molar-refractivity contribution in [2.75, 3.05) is 26.9 Å². The van der Waals surface area contributed by atoms with Crippen LogP contribution in [-0.4, -0.2) is 37.7 Å². The second kappa shape index (κ2) is 5.63. The fraction of sp³-hybridized carbons (Fsp3) is 0.462. The third kappa shape index (κ3) is 2.36. The number of benzene rings is 1. The first kappa shape index (κ1) is 15.8. The van der Waals surface area contributed by atoms with Gasteiger partial charge in [0.1, 0.15) is 19.8 Å². The number of halogens is 1. The van der Waals surface area contributed by atoms with Crippen LogP contribution in [0.2, 0.25) is 5.02 Å². The summed E-state index contributed by atoms with van der Waals surface area (Å²) in [4.78, 5) is 12.3. The number of hydrogen-bond acceptors (Lipinski definition) is 5. The Labute approximate surface area is 128 Å². The standard InChI is InChI=1S/C13H17ClN2O3S/c1-9-3-4-10(14)7-11(9)16(15)5-6-19-13(16,20)12(17)8-18-2/h3-4,7H,5-6,8,15H2,1-2H3/p+1. The number of nitrogens with zero attached hydrogens (tertiary/aromatic N) is 1. The average molecular weight is 318 g/mol. The van der Waals surface area contributed by atoms with Crippen molar-refractivity contribution in [3.8, 4) is 0 Å². The molecule has 1 heterocycles. The van der Waals surface area contributed by atoms with Crippen molar-refractivity contribution in [2.45, 2.75) is 12.0 Å². The summed E-state index contributed by atoms with van der Waals surface area (Å²) in [5.41, 5.74) is 1.64. The summed E-state index contributed by atoms with van der Waals surface area (Å²) in [5.74, 6) is 6.14. The molecule has 110 valence electrons. The van der Waals surface area contributed by atoms with E-state index in [9.17, 15) is 4.79 Å². The van der Waals surface area contributed by atoms with Crippen LogP contribution < -0.4 is 10.4 Å². The summed E-state index contributed by atoms with van der Waals surface area (Å²) in [6, 6.07) is 5.38. The Bertz CT molecular complexity index is 542. The van der Waals surface area contributed by atoms with Gasteiger partial charge in [-0.25, -0.2) is 0 Å². The molecule has 0 amide bonds. The number of ketones is 1. The Morgan fingerprint density at radius 1 is 1.65 bits per heavy atom. The van der Waals surface area contributed by atoms with Crippen LogP contribution in [0.4, 0.5) is 5.69 Å². The monoisotopic (exact) mass is 317 g/mol. The van der Waals surface area contributed by atoms with Crippen LogP contribution in [0.15, 0.2) is 18.2 Å². The molecule has 2 N–H and O–H groups in total. The lowest BCUT2D eigenvalue weighted by molar-refractivity contribution is -0.141. The number of thiol groups is 1. The molecule has 1 aromatic rings. The van der Waals surface area contributed by atoms with Crippen LogP contribution in [0.5, 0.6) is 0 Å². The fourth-order valence-corrected chi connectivity index (χ4v) is 2.95. The molecule has 5 nitrogen and oxygen atoms in total. The van der Waals surface area contributed by atoms with Crippen LogP contribution in [0.3, 0.4) is 0 Å². The number of Topliss-reactive ketones (excluding diaryl/α,β-unsaturated/α-hetero) is 1. The Balaban J connectivity index is 2.51. The Morgan fingerprint density at radius 3 is 3.00 bits per heavy atom. The van der Waals surface area contributed by atoms with Gasteiger partial charge in [-0.2, -0.15) is 10.4 Å². The zero-order valence-corrected chi connectivity index (χ0v) is 13.1. The van der Waals surface area contributed by atoms with Crippen LogP contribution >= 0.6 is 24.2 Å². The first-order chi connectivity index (χ1) is 9.35. The van der Waals surface area contributed by atoms with Gasteiger partial charge in [-0.3, -0.25) is 4.79 Å². The van der Waals surface area contributed by atoms with Gasteiger partial charge in [0.2, 0.25) is 0 Å². The molecule has 0 saturated carbocycles. The lowest BCUT2D eigenvalue weighted by atomic mass is 10.1. The van der Waals surface area contributed by atoms with Gasteiger partial charge in [0.05, 0.1) is 0 Å². The molecule has 1 aliphatic heterocycles. The van der Waals surface area contributed by atoms with Gasteiger partial charge in [-0.1, -0.05) is 30.3 Å². The minimum Gasteiger partial charge on any atom is -0.376 e. The van der Waals surface area contributed by atoms with Crippen molar-refractivity contribution in [2.24, 2.45) is 5.84 Å². The van der Waals surface area contributed by atoms with E-state index in [1.54, 1.807) is 12.1 Å². The van der Waals surface area contributed by atoms with Crippen molar-refractivity contribution < 1.29 is 14.3 Å². The second-order valence-corrected chi connectivity index (χ2v) is 5.88. The van der Waals surface area contributed by atoms with Crippen LogP contribution in [0.1, 0.15) is 5.56 Å². The number of ether oxygens (including phenoxy) is 2. The van der Waals surface area contributed by atoms with Gasteiger partial charge in [-0.05, 0) is 13.0 Å². The molecule has 1 aliphatic rings. The highest BCUT2D eigenvalue weighted by atomic mass is 35.5. The van der Waals surface area contributed by atoms with Crippen molar-refractivity contribution in [1.29, 1.82) is 0 Å². The third-order valence-electron chi connectivity index (χ3n) is 3.53. The summed E-state index contributed by atoms with van der Waals surface area (Å²) < 4.78 is 10.2. The maximum absolute atomic E-state index is 12.3. The minimum atomic E-state index is -1.47. The zero-order chi connectivity index (χ0) is 15.0. The van der Waals surface area contributed by atoms with E-state index in [0.717, 1.165) is 11.3 Å². The van der Waals surface area contributed by atoms with Gasteiger partial charge < -0.3 is 9.47 Å². The quantitative estimate of drug-likeness (QED) is 0.504. The van der Waals surface area contributed by atoms with E-state index in [2.05, 4.69) is 12.6 Å². The molecule has 0 bridgehead atoms. The highest BCUT2D eigenvalue weighted by Gasteiger charge is 2.60. The van der Waals surface area contributed by atoms with E-state index >= 15 is 0 Å². The van der Waals surface area contributed by atoms with Gasteiger partial charge in [0, 0.05) is 23.8 Å². The molecule has 20 heavy (non-hydrogen) atoms. The normalized spacial score (nSPS) is 29.6. The van der Waals surface area contributed by atoms with E-state index in [0.29, 0.717) is 18.2 Å². The molecule has 1 fully saturated rings. The summed E-state index contributed by atoms with van der Waals surface area (Å²) in [6.45, 7) is 2.56. The SMILES string of the molecule is COCC(=O)C1(S)OCC[N+]1(N)c1cc(Cl)ccc1C. The molecule has 0 aromatic heterocycles. The van der Waals surface area contributed by atoms with E-state index in [1.165, 1.54) is 7.11 Å². The molecule has 0 radical (unpaired) electrons. The van der Waals surface area contributed by atoms with Crippen LogP contribution in [0, 0.1) is 6.92 Å². The van der Waals surface area contributed by atoms with E-state index in [4.69, 9.17) is 26.9 Å². The molecule has 7 heteroatoms. The summed E-state index contributed by atoms with van der Waals surface area (Å²) >= 11 is 10.5. The summed E-state index contributed by atoms with van der Waals surface area (Å²) in [5, 5.41) is -0.916. The van der Waals surface area contributed by atoms with Crippen molar-refractivity contribution in [3.05, 3.63) is 28.8 Å². The summed E-state index contributed by atoms with van der Waals surface area (Å²) in [6.07, 6.45) is 0. The number of carbonyl (C=O) groups excluding carboxylic acids is 1. The van der Waals surface area contributed by atoms with Gasteiger partial charge in [0.25, 0.3) is 5.78 Å². The molecule has 2 atom stereocenters. The largest absolute Gasteiger partial charge is 0.376 e. The van der Waals surface area contributed by atoms with Crippen LogP contribution in [-0.2, 0) is 14.3 Å². The van der Waals surface area contributed by atoms with Crippen LogP contribution in [0.25, 0.3) is 0 Å². The number of hydrogen-bond donors (Lipinski definition) is 2. The number of methoxy groups -OCH3 is 1. The molecule has 0 aliphatic carbocycles. The molecule has 2 unspecified atom stereocenters. The first-order valence-corrected chi connectivity index (χ1v) is 6.99. The maximum Gasteiger partial charge on any atom is 0.335 e. The van der Waals surface area contributed by atoms with Gasteiger partial charge in [0.15, 0.2) is 5.69 Å². The number of rotatable bonds is 4. The van der Waals surface area contributed by atoms with E-state index in [1.807, 2.05) is 13.0 Å². The molecule has 1 aromatic carbocycles.